The largest absolute Gasteiger partial charge is 0.299 e. The summed E-state index contributed by atoms with van der Waals surface area (Å²) in [5.74, 6) is 0.244. The van der Waals surface area contributed by atoms with Gasteiger partial charge >= 0.3 is 0 Å². The van der Waals surface area contributed by atoms with Crippen molar-refractivity contribution in [1.29, 1.82) is 0 Å². The Morgan fingerprint density at radius 1 is 0.852 bits per heavy atom. The van der Waals surface area contributed by atoms with E-state index in [1.807, 2.05) is 25.3 Å². The zero-order chi connectivity index (χ0) is 19.4. The molecule has 0 saturated heterocycles. The van der Waals surface area contributed by atoms with Crippen LogP contribution in [-0.2, 0) is 23.1 Å². The molecule has 3 rings (SSSR count). The molecule has 0 atom stereocenters. The van der Waals surface area contributed by atoms with Crippen molar-refractivity contribution in [2.45, 2.75) is 46.0 Å². The highest BCUT2D eigenvalue weighted by atomic mass is 16.1. The molecular weight excluding hydrogens is 330 g/mol. The van der Waals surface area contributed by atoms with Gasteiger partial charge in [0.25, 0.3) is 0 Å². The molecule has 1 aromatic heterocycles. The Hall–Kier alpha value is -2.74. The second-order valence-corrected chi connectivity index (χ2v) is 8.23. The highest BCUT2D eigenvalue weighted by Crippen LogP contribution is 2.23. The Bertz CT molecular complexity index is 933. The molecule has 0 radical (unpaired) electrons. The van der Waals surface area contributed by atoms with E-state index in [0.717, 1.165) is 27.9 Å². The van der Waals surface area contributed by atoms with Crippen molar-refractivity contribution in [3.8, 4) is 11.1 Å². The van der Waals surface area contributed by atoms with E-state index in [0.29, 0.717) is 12.8 Å². The summed E-state index contributed by atoms with van der Waals surface area (Å²) in [6, 6.07) is 20.7. The number of Topliss-reactive ketones (excluding diaryl/α,β-unsaturated/α-hetero) is 1. The van der Waals surface area contributed by atoms with E-state index in [9.17, 15) is 4.79 Å². The van der Waals surface area contributed by atoms with Gasteiger partial charge in [0, 0.05) is 24.7 Å². The van der Waals surface area contributed by atoms with Gasteiger partial charge in [-0.2, -0.15) is 0 Å². The van der Waals surface area contributed by atoms with E-state index >= 15 is 0 Å². The molecule has 27 heavy (non-hydrogen) atoms. The average molecular weight is 357 g/mol. The molecule has 0 aliphatic rings. The van der Waals surface area contributed by atoms with E-state index in [2.05, 4.69) is 74.3 Å². The number of pyridine rings is 1. The Labute approximate surface area is 162 Å². The van der Waals surface area contributed by atoms with Gasteiger partial charge in [-0.15, -0.1) is 0 Å². The summed E-state index contributed by atoms with van der Waals surface area (Å²) in [5.41, 5.74) is 6.82. The maximum absolute atomic E-state index is 12.5. The number of ketones is 1. The van der Waals surface area contributed by atoms with Gasteiger partial charge in [-0.3, -0.25) is 9.78 Å². The van der Waals surface area contributed by atoms with Crippen LogP contribution in [0.15, 0.2) is 66.9 Å². The monoisotopic (exact) mass is 357 g/mol. The molecule has 0 amide bonds. The first-order valence-electron chi connectivity index (χ1n) is 9.44. The summed E-state index contributed by atoms with van der Waals surface area (Å²) >= 11 is 0. The average Bonchev–Trinajstić information content (AvgIpc) is 2.62. The van der Waals surface area contributed by atoms with Crippen LogP contribution < -0.4 is 0 Å². The number of aromatic nitrogens is 1. The SMILES string of the molecule is Cc1cc(-c2ccc(CC(=O)Cc3cccc(C(C)(C)C)c3)cc2)ccn1. The van der Waals surface area contributed by atoms with Gasteiger partial charge < -0.3 is 0 Å². The molecule has 0 spiro atoms. The smallest absolute Gasteiger partial charge is 0.141 e. The highest BCUT2D eigenvalue weighted by Gasteiger charge is 2.14. The molecule has 0 saturated carbocycles. The van der Waals surface area contributed by atoms with Crippen molar-refractivity contribution in [2.75, 3.05) is 0 Å². The fourth-order valence-corrected chi connectivity index (χ4v) is 3.21. The van der Waals surface area contributed by atoms with Crippen LogP contribution in [0.4, 0.5) is 0 Å². The second kappa shape index (κ2) is 7.87. The summed E-state index contributed by atoms with van der Waals surface area (Å²) in [7, 11) is 0. The maximum atomic E-state index is 12.5. The Morgan fingerprint density at radius 2 is 1.56 bits per heavy atom. The van der Waals surface area contributed by atoms with Crippen LogP contribution >= 0.6 is 0 Å². The topological polar surface area (TPSA) is 30.0 Å². The summed E-state index contributed by atoms with van der Waals surface area (Å²) in [5, 5.41) is 0. The number of benzene rings is 2. The molecule has 1 heterocycles. The third kappa shape index (κ3) is 5.13. The van der Waals surface area contributed by atoms with Crippen molar-refractivity contribution < 1.29 is 4.79 Å². The van der Waals surface area contributed by atoms with E-state index in [4.69, 9.17) is 0 Å². The van der Waals surface area contributed by atoms with Gasteiger partial charge in [0.15, 0.2) is 0 Å². The lowest BCUT2D eigenvalue weighted by Crippen LogP contribution is -2.12. The van der Waals surface area contributed by atoms with Crippen LogP contribution in [0.5, 0.6) is 0 Å². The third-order valence-electron chi connectivity index (χ3n) is 4.78. The lowest BCUT2D eigenvalue weighted by atomic mass is 9.85. The maximum Gasteiger partial charge on any atom is 0.141 e. The lowest BCUT2D eigenvalue weighted by Gasteiger charge is -2.19. The highest BCUT2D eigenvalue weighted by molar-refractivity contribution is 5.83. The fraction of sp³-hybridized carbons (Fsp3) is 0.280. The van der Waals surface area contributed by atoms with Crippen molar-refractivity contribution in [3.05, 3.63) is 89.2 Å². The standard InChI is InChI=1S/C25H27NO/c1-18-14-22(12-13-26-18)21-10-8-19(9-11-21)16-24(27)17-20-6-5-7-23(15-20)25(2,3)4/h5-15H,16-17H2,1-4H3. The van der Waals surface area contributed by atoms with Crippen molar-refractivity contribution in [2.24, 2.45) is 0 Å². The number of carbonyl (C=O) groups is 1. The molecule has 0 aliphatic carbocycles. The minimum atomic E-state index is 0.0974. The Kier molecular flexibility index (Phi) is 5.55. The number of hydrogen-bond donors (Lipinski definition) is 0. The zero-order valence-electron chi connectivity index (χ0n) is 16.6. The Balaban J connectivity index is 1.66. The normalized spacial score (nSPS) is 11.4. The van der Waals surface area contributed by atoms with Crippen LogP contribution in [0, 0.1) is 6.92 Å². The van der Waals surface area contributed by atoms with Gasteiger partial charge in [-0.1, -0.05) is 69.3 Å². The molecule has 138 valence electrons. The lowest BCUT2D eigenvalue weighted by molar-refractivity contribution is -0.117. The molecule has 0 unspecified atom stereocenters. The van der Waals surface area contributed by atoms with E-state index in [1.54, 1.807) is 0 Å². The van der Waals surface area contributed by atoms with Crippen molar-refractivity contribution in [1.82, 2.24) is 4.98 Å². The van der Waals surface area contributed by atoms with Gasteiger partial charge in [-0.05, 0) is 52.3 Å². The predicted molar refractivity (Wildman–Crippen MR) is 112 cm³/mol. The molecular formula is C25H27NO. The van der Waals surface area contributed by atoms with Crippen LogP contribution in [0.3, 0.4) is 0 Å². The first-order valence-corrected chi connectivity index (χ1v) is 9.44. The van der Waals surface area contributed by atoms with Gasteiger partial charge in [0.2, 0.25) is 0 Å². The van der Waals surface area contributed by atoms with E-state index in [1.165, 1.54) is 5.56 Å². The molecule has 0 bridgehead atoms. The molecule has 2 nitrogen and oxygen atoms in total. The fourth-order valence-electron chi connectivity index (χ4n) is 3.21. The first kappa shape index (κ1) is 19.0. The number of nitrogens with zero attached hydrogens (tertiary/aromatic N) is 1. The minimum Gasteiger partial charge on any atom is -0.299 e. The van der Waals surface area contributed by atoms with E-state index < -0.39 is 0 Å². The molecule has 3 aromatic rings. The molecule has 0 fully saturated rings. The van der Waals surface area contributed by atoms with Gasteiger partial charge in [0.1, 0.15) is 5.78 Å². The van der Waals surface area contributed by atoms with Gasteiger partial charge in [0.05, 0.1) is 0 Å². The number of aryl methyl sites for hydroxylation is 1. The van der Waals surface area contributed by atoms with Crippen LogP contribution in [0.1, 0.15) is 43.2 Å². The molecule has 0 aliphatic heterocycles. The number of carbonyl (C=O) groups excluding carboxylic acids is 1. The number of rotatable bonds is 5. The quantitative estimate of drug-likeness (QED) is 0.585. The minimum absolute atomic E-state index is 0.0974. The summed E-state index contributed by atoms with van der Waals surface area (Å²) in [4.78, 5) is 16.8. The third-order valence-corrected chi connectivity index (χ3v) is 4.78. The summed E-state index contributed by atoms with van der Waals surface area (Å²) in [6.45, 7) is 8.57. The van der Waals surface area contributed by atoms with Crippen molar-refractivity contribution >= 4 is 5.78 Å². The predicted octanol–water partition coefficient (Wildman–Crippen LogP) is 5.71. The van der Waals surface area contributed by atoms with Crippen molar-refractivity contribution in [3.63, 3.8) is 0 Å². The van der Waals surface area contributed by atoms with E-state index in [-0.39, 0.29) is 11.2 Å². The molecule has 0 N–H and O–H groups in total. The Morgan fingerprint density at radius 3 is 2.22 bits per heavy atom. The van der Waals surface area contributed by atoms with Crippen LogP contribution in [0.25, 0.3) is 11.1 Å². The summed E-state index contributed by atoms with van der Waals surface area (Å²) < 4.78 is 0. The van der Waals surface area contributed by atoms with Gasteiger partial charge in [-0.25, -0.2) is 0 Å². The summed E-state index contributed by atoms with van der Waals surface area (Å²) in [6.07, 6.45) is 2.78. The van der Waals surface area contributed by atoms with Crippen LogP contribution in [0.2, 0.25) is 0 Å². The molecule has 2 heteroatoms. The first-order chi connectivity index (χ1) is 12.8. The second-order valence-electron chi connectivity index (χ2n) is 8.23. The van der Waals surface area contributed by atoms with Crippen LogP contribution in [-0.4, -0.2) is 10.8 Å². The zero-order valence-corrected chi connectivity index (χ0v) is 16.6. The number of hydrogen-bond acceptors (Lipinski definition) is 2. The molecule has 2 aromatic carbocycles.